The molecule has 0 radical (unpaired) electrons. The van der Waals surface area contributed by atoms with E-state index in [2.05, 4.69) is 18.7 Å². The molecule has 6 heteroatoms. The van der Waals surface area contributed by atoms with Crippen molar-refractivity contribution in [1.82, 2.24) is 9.47 Å². The summed E-state index contributed by atoms with van der Waals surface area (Å²) in [5.41, 5.74) is 1.13. The van der Waals surface area contributed by atoms with Crippen molar-refractivity contribution >= 4 is 17.3 Å². The minimum Gasteiger partial charge on any atom is -0.481 e. The average molecular weight is 298 g/mol. The third-order valence-electron chi connectivity index (χ3n) is 3.51. The molecule has 0 atom stereocenters. The Bertz CT molecular complexity index is 533. The highest BCUT2D eigenvalue weighted by atomic mass is 32.1. The Hall–Kier alpha value is -1.14. The van der Waals surface area contributed by atoms with Gasteiger partial charge in [0.1, 0.15) is 0 Å². The molecule has 0 unspecified atom stereocenters. The summed E-state index contributed by atoms with van der Waals surface area (Å²) in [7, 11) is 0. The number of thiazole rings is 1. The molecule has 0 aliphatic carbocycles. The van der Waals surface area contributed by atoms with Crippen LogP contribution >= 0.6 is 11.3 Å². The van der Waals surface area contributed by atoms with E-state index in [0.29, 0.717) is 18.9 Å². The minimum atomic E-state index is -0.801. The number of fused-ring (bicyclic) bond motifs is 1. The van der Waals surface area contributed by atoms with Gasteiger partial charge in [0.05, 0.1) is 0 Å². The lowest BCUT2D eigenvalue weighted by atomic mass is 10.1. The Morgan fingerprint density at radius 2 is 2.20 bits per heavy atom. The van der Waals surface area contributed by atoms with Gasteiger partial charge in [-0.1, -0.05) is 25.2 Å². The van der Waals surface area contributed by atoms with Crippen molar-refractivity contribution in [1.29, 1.82) is 0 Å². The molecule has 0 fully saturated rings. The Kier molecular flexibility index (Phi) is 4.99. The monoisotopic (exact) mass is 298 g/mol. The van der Waals surface area contributed by atoms with Gasteiger partial charge in [0, 0.05) is 49.6 Å². The van der Waals surface area contributed by atoms with Gasteiger partial charge in [-0.05, 0) is 12.3 Å². The number of aliphatic carboxylic acids is 1. The number of hydrogen-bond acceptors (Lipinski definition) is 4. The smallest absolute Gasteiger partial charge is 0.307 e. The van der Waals surface area contributed by atoms with Gasteiger partial charge in [0.15, 0.2) is 0 Å². The zero-order chi connectivity index (χ0) is 14.7. The van der Waals surface area contributed by atoms with E-state index in [9.17, 15) is 9.59 Å². The fourth-order valence-corrected chi connectivity index (χ4v) is 3.81. The second-order valence-electron chi connectivity index (χ2n) is 5.77. The predicted molar refractivity (Wildman–Crippen MR) is 79.3 cm³/mol. The van der Waals surface area contributed by atoms with Crippen LogP contribution in [0.5, 0.6) is 0 Å². The van der Waals surface area contributed by atoms with Gasteiger partial charge in [0.25, 0.3) is 0 Å². The van der Waals surface area contributed by atoms with E-state index in [1.54, 1.807) is 4.57 Å². The van der Waals surface area contributed by atoms with Gasteiger partial charge in [-0.25, -0.2) is 0 Å². The zero-order valence-corrected chi connectivity index (χ0v) is 12.9. The second-order valence-corrected chi connectivity index (χ2v) is 6.81. The molecule has 20 heavy (non-hydrogen) atoms. The molecule has 1 aromatic rings. The molecule has 0 saturated carbocycles. The maximum Gasteiger partial charge on any atom is 0.307 e. The van der Waals surface area contributed by atoms with Crippen LogP contribution in [0.25, 0.3) is 0 Å². The summed E-state index contributed by atoms with van der Waals surface area (Å²) in [4.78, 5) is 26.2. The summed E-state index contributed by atoms with van der Waals surface area (Å²) in [6.07, 6.45) is 1.54. The fourth-order valence-electron chi connectivity index (χ4n) is 2.71. The number of carboxylic acids is 1. The van der Waals surface area contributed by atoms with Crippen molar-refractivity contribution in [3.63, 3.8) is 0 Å². The number of nitrogens with zero attached hydrogens (tertiary/aromatic N) is 2. The van der Waals surface area contributed by atoms with Crippen molar-refractivity contribution in [2.45, 2.75) is 46.2 Å². The number of carboxylic acid groups (broad SMARTS) is 1. The molecule has 0 bridgehead atoms. The molecule has 112 valence electrons. The third-order valence-corrected chi connectivity index (χ3v) is 4.51. The molecule has 1 aliphatic rings. The summed E-state index contributed by atoms with van der Waals surface area (Å²) < 4.78 is 1.79. The number of rotatable bonds is 6. The lowest BCUT2D eigenvalue weighted by molar-refractivity contribution is -0.137. The van der Waals surface area contributed by atoms with E-state index in [1.807, 2.05) is 0 Å². The molecule has 0 aromatic carbocycles. The van der Waals surface area contributed by atoms with E-state index in [0.717, 1.165) is 36.6 Å². The molecule has 1 aromatic heterocycles. The van der Waals surface area contributed by atoms with Gasteiger partial charge < -0.3 is 9.67 Å². The molecule has 0 amide bonds. The maximum absolute atomic E-state index is 12.0. The first-order valence-electron chi connectivity index (χ1n) is 7.13. The van der Waals surface area contributed by atoms with Crippen molar-refractivity contribution in [3.8, 4) is 0 Å². The molecule has 1 aliphatic heterocycles. The van der Waals surface area contributed by atoms with E-state index in [4.69, 9.17) is 5.11 Å². The largest absolute Gasteiger partial charge is 0.481 e. The van der Waals surface area contributed by atoms with Gasteiger partial charge in [-0.15, -0.1) is 0 Å². The van der Waals surface area contributed by atoms with Crippen LogP contribution in [0.4, 0.5) is 0 Å². The minimum absolute atomic E-state index is 0.0618. The summed E-state index contributed by atoms with van der Waals surface area (Å²) in [5.74, 6) is -0.170. The molecular weight excluding hydrogens is 276 g/mol. The molecule has 5 nitrogen and oxygen atoms in total. The average Bonchev–Trinajstić information content (AvgIpc) is 2.64. The standard InChI is InChI=1S/C14H22N2O3S/c1-10(2)8-15-7-5-11-12(9-15)20-14(19)16(11)6-3-4-13(17)18/h10H,3-9H2,1-2H3,(H,17,18). The molecule has 0 saturated heterocycles. The molecule has 2 heterocycles. The normalized spacial score (nSPS) is 15.6. The van der Waals surface area contributed by atoms with Crippen LogP contribution in [0.15, 0.2) is 4.79 Å². The highest BCUT2D eigenvalue weighted by Crippen LogP contribution is 2.22. The maximum atomic E-state index is 12.0. The Labute approximate surface area is 122 Å². The third kappa shape index (κ3) is 3.70. The van der Waals surface area contributed by atoms with Crippen molar-refractivity contribution in [3.05, 3.63) is 20.2 Å². The van der Waals surface area contributed by atoms with Crippen LogP contribution in [0.3, 0.4) is 0 Å². The van der Waals surface area contributed by atoms with E-state index in [1.165, 1.54) is 11.3 Å². The number of hydrogen-bond donors (Lipinski definition) is 1. The van der Waals surface area contributed by atoms with Crippen molar-refractivity contribution in [2.75, 3.05) is 13.1 Å². The quantitative estimate of drug-likeness (QED) is 0.869. The Morgan fingerprint density at radius 3 is 2.85 bits per heavy atom. The summed E-state index contributed by atoms with van der Waals surface area (Å²) in [6, 6.07) is 0. The molecule has 0 spiro atoms. The summed E-state index contributed by atoms with van der Waals surface area (Å²) >= 11 is 1.32. The SMILES string of the molecule is CC(C)CN1CCc2c(sc(=O)n2CCCC(=O)O)C1. The lowest BCUT2D eigenvalue weighted by Crippen LogP contribution is -2.34. The molecular formula is C14H22N2O3S. The van der Waals surface area contributed by atoms with Crippen LogP contribution < -0.4 is 4.87 Å². The van der Waals surface area contributed by atoms with Crippen molar-refractivity contribution in [2.24, 2.45) is 5.92 Å². The van der Waals surface area contributed by atoms with Crippen LogP contribution in [-0.4, -0.2) is 33.6 Å². The van der Waals surface area contributed by atoms with Gasteiger partial charge in [0.2, 0.25) is 0 Å². The highest BCUT2D eigenvalue weighted by Gasteiger charge is 2.22. The summed E-state index contributed by atoms with van der Waals surface area (Å²) in [5, 5.41) is 8.68. The molecule has 1 N–H and O–H groups in total. The second kappa shape index (κ2) is 6.54. The van der Waals surface area contributed by atoms with E-state index >= 15 is 0 Å². The van der Waals surface area contributed by atoms with Gasteiger partial charge in [-0.2, -0.15) is 0 Å². The first-order chi connectivity index (χ1) is 9.47. The van der Waals surface area contributed by atoms with E-state index < -0.39 is 5.97 Å². The fraction of sp³-hybridized carbons (Fsp3) is 0.714. The summed E-state index contributed by atoms with van der Waals surface area (Å²) in [6.45, 7) is 7.84. The van der Waals surface area contributed by atoms with Gasteiger partial charge >= 0.3 is 10.8 Å². The highest BCUT2D eigenvalue weighted by molar-refractivity contribution is 7.09. The number of carbonyl (C=O) groups is 1. The molecule has 2 rings (SSSR count). The Balaban J connectivity index is 2.05. The first-order valence-corrected chi connectivity index (χ1v) is 7.94. The van der Waals surface area contributed by atoms with Crippen molar-refractivity contribution < 1.29 is 9.90 Å². The zero-order valence-electron chi connectivity index (χ0n) is 12.1. The van der Waals surface area contributed by atoms with Gasteiger partial charge in [-0.3, -0.25) is 14.5 Å². The van der Waals surface area contributed by atoms with Crippen LogP contribution in [0, 0.1) is 5.92 Å². The number of aromatic nitrogens is 1. The van der Waals surface area contributed by atoms with Crippen LogP contribution in [0.2, 0.25) is 0 Å². The predicted octanol–water partition coefficient (Wildman–Crippen LogP) is 1.79. The van der Waals surface area contributed by atoms with Crippen LogP contribution in [-0.2, 0) is 24.3 Å². The Morgan fingerprint density at radius 1 is 1.45 bits per heavy atom. The topological polar surface area (TPSA) is 62.5 Å². The first kappa shape index (κ1) is 15.3. The lowest BCUT2D eigenvalue weighted by Gasteiger charge is -2.28. The van der Waals surface area contributed by atoms with Crippen LogP contribution in [0.1, 0.15) is 37.3 Å². The van der Waals surface area contributed by atoms with E-state index in [-0.39, 0.29) is 11.3 Å².